The Morgan fingerprint density at radius 3 is 2.80 bits per heavy atom. The Morgan fingerprint density at radius 1 is 1.40 bits per heavy atom. The minimum atomic E-state index is -0.309. The quantitative estimate of drug-likeness (QED) is 0.657. The highest BCUT2D eigenvalue weighted by Gasteiger charge is 2.03. The molecule has 0 aliphatic carbocycles. The van der Waals surface area contributed by atoms with Crippen LogP contribution in [0.25, 0.3) is 0 Å². The Labute approximate surface area is 121 Å². The molecule has 0 unspecified atom stereocenters. The molecule has 1 heterocycles. The maximum Gasteiger partial charge on any atom is 0.224 e. The highest BCUT2D eigenvalue weighted by atomic mass is 32.2. The number of amides is 1. The van der Waals surface area contributed by atoms with Crippen LogP contribution in [-0.4, -0.2) is 21.4 Å². The summed E-state index contributed by atoms with van der Waals surface area (Å²) in [4.78, 5) is 12.8. The van der Waals surface area contributed by atoms with Crippen LogP contribution in [0.2, 0.25) is 0 Å². The third-order valence-corrected chi connectivity index (χ3v) is 3.66. The Bertz CT molecular complexity index is 568. The Hall–Kier alpha value is -1.82. The third kappa shape index (κ3) is 4.70. The first-order chi connectivity index (χ1) is 9.63. The summed E-state index contributed by atoms with van der Waals surface area (Å²) < 4.78 is 14.5. The number of halogens is 1. The number of thioether (sulfide) groups is 1. The van der Waals surface area contributed by atoms with Crippen molar-refractivity contribution in [3.8, 4) is 0 Å². The molecular weight excluding hydrogens is 277 g/mol. The van der Waals surface area contributed by atoms with E-state index in [9.17, 15) is 9.18 Å². The summed E-state index contributed by atoms with van der Waals surface area (Å²) in [6.45, 7) is 0. The second kappa shape index (κ2) is 7.09. The standard InChI is InChI=1S/C14H16FN3OS/c1-18-10-13(9-16-18)20-8-2-3-14(19)17-12-6-4-11(15)5-7-12/h4-7,9-10H,2-3,8H2,1H3,(H,17,19). The molecule has 0 radical (unpaired) electrons. The second-order valence-electron chi connectivity index (χ2n) is 4.36. The summed E-state index contributed by atoms with van der Waals surface area (Å²) in [7, 11) is 1.88. The van der Waals surface area contributed by atoms with E-state index in [1.807, 2.05) is 19.4 Å². The maximum absolute atomic E-state index is 12.7. The lowest BCUT2D eigenvalue weighted by molar-refractivity contribution is -0.116. The minimum absolute atomic E-state index is 0.0524. The monoisotopic (exact) mass is 293 g/mol. The van der Waals surface area contributed by atoms with E-state index in [2.05, 4.69) is 10.4 Å². The highest BCUT2D eigenvalue weighted by molar-refractivity contribution is 7.99. The molecule has 6 heteroatoms. The van der Waals surface area contributed by atoms with Crippen LogP contribution < -0.4 is 5.32 Å². The largest absolute Gasteiger partial charge is 0.326 e. The van der Waals surface area contributed by atoms with Crippen molar-refractivity contribution in [1.29, 1.82) is 0 Å². The number of hydrogen-bond acceptors (Lipinski definition) is 3. The molecule has 106 valence electrons. The van der Waals surface area contributed by atoms with Gasteiger partial charge < -0.3 is 5.32 Å². The number of aromatic nitrogens is 2. The Kier molecular flexibility index (Phi) is 5.17. The zero-order chi connectivity index (χ0) is 14.4. The van der Waals surface area contributed by atoms with Crippen molar-refractivity contribution < 1.29 is 9.18 Å². The zero-order valence-electron chi connectivity index (χ0n) is 11.2. The van der Waals surface area contributed by atoms with E-state index in [4.69, 9.17) is 0 Å². The zero-order valence-corrected chi connectivity index (χ0v) is 12.0. The molecule has 0 fully saturated rings. The molecule has 1 amide bonds. The van der Waals surface area contributed by atoms with Gasteiger partial charge in [-0.05, 0) is 36.4 Å². The topological polar surface area (TPSA) is 46.9 Å². The van der Waals surface area contributed by atoms with Gasteiger partial charge in [0, 0.05) is 30.2 Å². The van der Waals surface area contributed by atoms with Crippen LogP contribution in [0.1, 0.15) is 12.8 Å². The first kappa shape index (κ1) is 14.6. The number of anilines is 1. The molecule has 0 aliphatic rings. The molecule has 2 aromatic rings. The molecule has 20 heavy (non-hydrogen) atoms. The molecule has 1 N–H and O–H groups in total. The fraction of sp³-hybridized carbons (Fsp3) is 0.286. The van der Waals surface area contributed by atoms with E-state index >= 15 is 0 Å². The lowest BCUT2D eigenvalue weighted by atomic mass is 10.3. The van der Waals surface area contributed by atoms with Gasteiger partial charge in [0.05, 0.1) is 6.20 Å². The predicted molar refractivity (Wildman–Crippen MR) is 78.2 cm³/mol. The summed E-state index contributed by atoms with van der Waals surface area (Å²) in [5.74, 6) is 0.502. The first-order valence-corrected chi connectivity index (χ1v) is 7.29. The van der Waals surface area contributed by atoms with Crippen molar-refractivity contribution in [3.05, 3.63) is 42.5 Å². The normalized spacial score (nSPS) is 10.5. The van der Waals surface area contributed by atoms with Gasteiger partial charge >= 0.3 is 0 Å². The second-order valence-corrected chi connectivity index (χ2v) is 5.53. The summed E-state index contributed by atoms with van der Waals surface area (Å²) in [5.41, 5.74) is 0.622. The van der Waals surface area contributed by atoms with Gasteiger partial charge in [-0.25, -0.2) is 4.39 Å². The fourth-order valence-corrected chi connectivity index (χ4v) is 2.53. The van der Waals surface area contributed by atoms with Crippen molar-refractivity contribution in [2.45, 2.75) is 17.7 Å². The highest BCUT2D eigenvalue weighted by Crippen LogP contribution is 2.18. The summed E-state index contributed by atoms with van der Waals surface area (Å²) in [6.07, 6.45) is 4.99. The van der Waals surface area contributed by atoms with Gasteiger partial charge in [-0.1, -0.05) is 0 Å². The number of carbonyl (C=O) groups excluding carboxylic acids is 1. The van der Waals surface area contributed by atoms with E-state index < -0.39 is 0 Å². The number of benzene rings is 1. The smallest absolute Gasteiger partial charge is 0.224 e. The lowest BCUT2D eigenvalue weighted by Gasteiger charge is -2.04. The lowest BCUT2D eigenvalue weighted by Crippen LogP contribution is -2.11. The number of aryl methyl sites for hydroxylation is 1. The number of nitrogens with one attached hydrogen (secondary N) is 1. The van der Waals surface area contributed by atoms with E-state index in [0.717, 1.165) is 17.1 Å². The van der Waals surface area contributed by atoms with Crippen molar-refractivity contribution in [3.63, 3.8) is 0 Å². The van der Waals surface area contributed by atoms with Crippen LogP contribution in [0.4, 0.5) is 10.1 Å². The molecule has 4 nitrogen and oxygen atoms in total. The molecule has 0 spiro atoms. The number of rotatable bonds is 6. The molecule has 2 rings (SSSR count). The number of nitrogens with zero attached hydrogens (tertiary/aromatic N) is 2. The maximum atomic E-state index is 12.7. The minimum Gasteiger partial charge on any atom is -0.326 e. The van der Waals surface area contributed by atoms with Crippen LogP contribution in [0.15, 0.2) is 41.6 Å². The number of carbonyl (C=O) groups is 1. The molecule has 1 aromatic carbocycles. The molecule has 0 atom stereocenters. The molecule has 0 saturated carbocycles. The van der Waals surface area contributed by atoms with Gasteiger partial charge in [0.25, 0.3) is 0 Å². The first-order valence-electron chi connectivity index (χ1n) is 6.30. The van der Waals surface area contributed by atoms with Crippen molar-refractivity contribution in [1.82, 2.24) is 9.78 Å². The van der Waals surface area contributed by atoms with Crippen LogP contribution >= 0.6 is 11.8 Å². The van der Waals surface area contributed by atoms with E-state index in [1.54, 1.807) is 28.6 Å². The summed E-state index contributed by atoms with van der Waals surface area (Å²) in [6, 6.07) is 5.76. The van der Waals surface area contributed by atoms with Gasteiger partial charge in [-0.3, -0.25) is 9.48 Å². The molecular formula is C14H16FN3OS. The van der Waals surface area contributed by atoms with Gasteiger partial charge in [0.2, 0.25) is 5.91 Å². The van der Waals surface area contributed by atoms with Gasteiger partial charge in [0.1, 0.15) is 5.82 Å². The Morgan fingerprint density at radius 2 is 2.15 bits per heavy atom. The van der Waals surface area contributed by atoms with Gasteiger partial charge in [0.15, 0.2) is 0 Å². The summed E-state index contributed by atoms with van der Waals surface area (Å²) >= 11 is 1.68. The van der Waals surface area contributed by atoms with E-state index in [0.29, 0.717) is 12.1 Å². The Balaban J connectivity index is 1.66. The third-order valence-electron chi connectivity index (χ3n) is 2.63. The summed E-state index contributed by atoms with van der Waals surface area (Å²) in [5, 5.41) is 6.82. The SMILES string of the molecule is Cn1cc(SCCCC(=O)Nc2ccc(F)cc2)cn1. The average molecular weight is 293 g/mol. The van der Waals surface area contributed by atoms with Crippen molar-refractivity contribution >= 4 is 23.4 Å². The van der Waals surface area contributed by atoms with Crippen LogP contribution in [0.5, 0.6) is 0 Å². The van der Waals surface area contributed by atoms with Crippen LogP contribution in [-0.2, 0) is 11.8 Å². The van der Waals surface area contributed by atoms with Gasteiger partial charge in [-0.15, -0.1) is 11.8 Å². The van der Waals surface area contributed by atoms with Crippen molar-refractivity contribution in [2.24, 2.45) is 7.05 Å². The van der Waals surface area contributed by atoms with E-state index in [1.165, 1.54) is 12.1 Å². The van der Waals surface area contributed by atoms with Crippen LogP contribution in [0.3, 0.4) is 0 Å². The van der Waals surface area contributed by atoms with Crippen LogP contribution in [0, 0.1) is 5.82 Å². The fourth-order valence-electron chi connectivity index (χ4n) is 1.65. The molecule has 0 saturated heterocycles. The molecule has 0 aliphatic heterocycles. The van der Waals surface area contributed by atoms with Gasteiger partial charge in [-0.2, -0.15) is 5.10 Å². The van der Waals surface area contributed by atoms with E-state index in [-0.39, 0.29) is 11.7 Å². The average Bonchev–Trinajstić information content (AvgIpc) is 2.83. The number of hydrogen-bond donors (Lipinski definition) is 1. The van der Waals surface area contributed by atoms with Crippen molar-refractivity contribution in [2.75, 3.05) is 11.1 Å². The predicted octanol–water partition coefficient (Wildman–Crippen LogP) is 3.07. The molecule has 1 aromatic heterocycles. The molecule has 0 bridgehead atoms.